The Kier molecular flexibility index (Phi) is 3.87. The summed E-state index contributed by atoms with van der Waals surface area (Å²) >= 11 is 0. The van der Waals surface area contributed by atoms with Crippen molar-refractivity contribution in [2.75, 3.05) is 0 Å². The summed E-state index contributed by atoms with van der Waals surface area (Å²) in [7, 11) is 0. The molecule has 0 nitrogen and oxygen atoms in total. The van der Waals surface area contributed by atoms with Crippen molar-refractivity contribution in [3.05, 3.63) is 0 Å². The molecular weight excluding hydrogens is 216 g/mol. The van der Waals surface area contributed by atoms with Crippen molar-refractivity contribution >= 4 is 0 Å². The topological polar surface area (TPSA) is 0 Å². The average Bonchev–Trinajstić information content (AvgIpc) is 2.45. The molecule has 7 unspecified atom stereocenters. The van der Waals surface area contributed by atoms with E-state index in [1.165, 1.54) is 19.3 Å². The molecule has 2 rings (SSSR count). The predicted molar refractivity (Wildman–Crippen MR) is 80.4 cm³/mol. The first-order valence-corrected chi connectivity index (χ1v) is 8.33. The van der Waals surface area contributed by atoms with Gasteiger partial charge in [-0.05, 0) is 59.7 Å². The number of rotatable bonds is 3. The second kappa shape index (κ2) is 4.84. The van der Waals surface area contributed by atoms with Gasteiger partial charge in [-0.1, -0.05) is 54.9 Å². The van der Waals surface area contributed by atoms with Gasteiger partial charge >= 0.3 is 0 Å². The summed E-state index contributed by atoms with van der Waals surface area (Å²) < 4.78 is 0. The maximum absolute atomic E-state index is 2.64. The van der Waals surface area contributed by atoms with Gasteiger partial charge in [0.1, 0.15) is 0 Å². The fourth-order valence-electron chi connectivity index (χ4n) is 6.08. The summed E-state index contributed by atoms with van der Waals surface area (Å²) in [6.45, 7) is 17.5. The zero-order valence-corrected chi connectivity index (χ0v) is 13.7. The van der Waals surface area contributed by atoms with Crippen molar-refractivity contribution in [1.82, 2.24) is 0 Å². The minimum atomic E-state index is 0.612. The van der Waals surface area contributed by atoms with Crippen molar-refractivity contribution in [3.63, 3.8) is 0 Å². The molecule has 2 fully saturated rings. The molecule has 0 aromatic rings. The maximum atomic E-state index is 2.64. The van der Waals surface area contributed by atoms with Gasteiger partial charge in [0.25, 0.3) is 0 Å². The number of hydrogen-bond donors (Lipinski definition) is 0. The molecule has 0 spiro atoms. The molecule has 0 bridgehead atoms. The lowest BCUT2D eigenvalue weighted by Gasteiger charge is -2.58. The SMILES string of the molecule is CCC1C(C)CC(C)C1(C)C1C(C)CC1C(C)C. The highest BCUT2D eigenvalue weighted by Crippen LogP contribution is 2.65. The molecule has 2 aliphatic rings. The van der Waals surface area contributed by atoms with Crippen LogP contribution in [0, 0.1) is 46.8 Å². The van der Waals surface area contributed by atoms with E-state index in [1.54, 1.807) is 0 Å². The van der Waals surface area contributed by atoms with Crippen LogP contribution >= 0.6 is 0 Å². The quantitative estimate of drug-likeness (QED) is 0.609. The van der Waals surface area contributed by atoms with E-state index in [0.717, 1.165) is 41.4 Å². The molecular formula is C18H34. The highest BCUT2D eigenvalue weighted by Gasteiger charge is 2.58. The maximum Gasteiger partial charge on any atom is -0.0236 e. The largest absolute Gasteiger partial charge is 0.0651 e. The zero-order valence-electron chi connectivity index (χ0n) is 13.7. The smallest absolute Gasteiger partial charge is 0.0236 e. The van der Waals surface area contributed by atoms with Gasteiger partial charge < -0.3 is 0 Å². The third kappa shape index (κ3) is 1.86. The second-order valence-corrected chi connectivity index (χ2v) is 8.14. The van der Waals surface area contributed by atoms with Crippen molar-refractivity contribution in [3.8, 4) is 0 Å². The van der Waals surface area contributed by atoms with Gasteiger partial charge in [-0.3, -0.25) is 0 Å². The second-order valence-electron chi connectivity index (χ2n) is 8.14. The summed E-state index contributed by atoms with van der Waals surface area (Å²) in [6.07, 6.45) is 4.33. The highest BCUT2D eigenvalue weighted by molar-refractivity contribution is 5.06. The van der Waals surface area contributed by atoms with Crippen LogP contribution in [-0.4, -0.2) is 0 Å². The van der Waals surface area contributed by atoms with Crippen LogP contribution in [0.3, 0.4) is 0 Å². The van der Waals surface area contributed by atoms with Crippen LogP contribution in [0.2, 0.25) is 0 Å². The Morgan fingerprint density at radius 1 is 1.06 bits per heavy atom. The lowest BCUT2D eigenvalue weighted by atomic mass is 9.47. The van der Waals surface area contributed by atoms with Crippen molar-refractivity contribution in [2.24, 2.45) is 46.8 Å². The molecule has 0 aromatic carbocycles. The molecule has 18 heavy (non-hydrogen) atoms. The summed E-state index contributed by atoms with van der Waals surface area (Å²) in [5.74, 6) is 6.64. The third-order valence-electron chi connectivity index (χ3n) is 7.01. The van der Waals surface area contributed by atoms with Crippen LogP contribution in [0.25, 0.3) is 0 Å². The van der Waals surface area contributed by atoms with Gasteiger partial charge in [0.05, 0.1) is 0 Å². The highest BCUT2D eigenvalue weighted by atomic mass is 14.6. The molecule has 7 atom stereocenters. The summed E-state index contributed by atoms with van der Waals surface area (Å²) in [4.78, 5) is 0. The standard InChI is InChI=1S/C18H34/c1-8-16-12(4)9-14(6)18(16,7)17-13(5)10-15(17)11(2)3/h11-17H,8-10H2,1-7H3. The molecule has 0 saturated heterocycles. The van der Waals surface area contributed by atoms with E-state index in [1.807, 2.05) is 0 Å². The molecule has 0 aromatic heterocycles. The fourth-order valence-corrected chi connectivity index (χ4v) is 6.08. The monoisotopic (exact) mass is 250 g/mol. The van der Waals surface area contributed by atoms with Gasteiger partial charge in [-0.2, -0.15) is 0 Å². The average molecular weight is 250 g/mol. The van der Waals surface area contributed by atoms with E-state index < -0.39 is 0 Å². The summed E-state index contributed by atoms with van der Waals surface area (Å²) in [6, 6.07) is 0. The van der Waals surface area contributed by atoms with Gasteiger partial charge in [0.2, 0.25) is 0 Å². The van der Waals surface area contributed by atoms with Crippen LogP contribution in [0.5, 0.6) is 0 Å². The minimum absolute atomic E-state index is 0.612. The van der Waals surface area contributed by atoms with Crippen LogP contribution in [-0.2, 0) is 0 Å². The van der Waals surface area contributed by atoms with E-state index in [9.17, 15) is 0 Å². The van der Waals surface area contributed by atoms with Gasteiger partial charge in [-0.25, -0.2) is 0 Å². The molecule has 0 amide bonds. The molecule has 0 N–H and O–H groups in total. The molecule has 106 valence electrons. The predicted octanol–water partition coefficient (Wildman–Crippen LogP) is 5.62. The Morgan fingerprint density at radius 3 is 2.11 bits per heavy atom. The van der Waals surface area contributed by atoms with Crippen LogP contribution in [0.15, 0.2) is 0 Å². The van der Waals surface area contributed by atoms with Gasteiger partial charge in [0.15, 0.2) is 0 Å². The summed E-state index contributed by atoms with van der Waals surface area (Å²) in [5.41, 5.74) is 0.612. The minimum Gasteiger partial charge on any atom is -0.0651 e. The molecule has 0 heterocycles. The Labute approximate surface area is 115 Å². The Hall–Kier alpha value is 0. The Balaban J connectivity index is 2.28. The first-order valence-electron chi connectivity index (χ1n) is 8.33. The van der Waals surface area contributed by atoms with Crippen LogP contribution in [0.1, 0.15) is 67.7 Å². The fraction of sp³-hybridized carbons (Fsp3) is 1.00. The van der Waals surface area contributed by atoms with E-state index in [2.05, 4.69) is 48.5 Å². The molecule has 0 aliphatic heterocycles. The zero-order chi connectivity index (χ0) is 13.7. The van der Waals surface area contributed by atoms with Crippen LogP contribution < -0.4 is 0 Å². The molecule has 0 heteroatoms. The lowest BCUT2D eigenvalue weighted by Crippen LogP contribution is -2.52. The van der Waals surface area contributed by atoms with Gasteiger partial charge in [-0.15, -0.1) is 0 Å². The Morgan fingerprint density at radius 2 is 1.67 bits per heavy atom. The normalized spacial score (nSPS) is 52.7. The molecule has 2 saturated carbocycles. The lowest BCUT2D eigenvalue weighted by molar-refractivity contribution is -0.0943. The van der Waals surface area contributed by atoms with Crippen molar-refractivity contribution in [2.45, 2.75) is 67.7 Å². The third-order valence-corrected chi connectivity index (χ3v) is 7.01. The van der Waals surface area contributed by atoms with E-state index in [0.29, 0.717) is 5.41 Å². The van der Waals surface area contributed by atoms with E-state index in [4.69, 9.17) is 0 Å². The number of hydrogen-bond acceptors (Lipinski definition) is 0. The first-order chi connectivity index (χ1) is 8.33. The van der Waals surface area contributed by atoms with Gasteiger partial charge in [0, 0.05) is 0 Å². The van der Waals surface area contributed by atoms with Crippen molar-refractivity contribution in [1.29, 1.82) is 0 Å². The van der Waals surface area contributed by atoms with Crippen LogP contribution in [0.4, 0.5) is 0 Å². The Bertz CT molecular complexity index is 292. The first kappa shape index (κ1) is 14.4. The van der Waals surface area contributed by atoms with E-state index in [-0.39, 0.29) is 0 Å². The summed E-state index contributed by atoms with van der Waals surface area (Å²) in [5, 5.41) is 0. The van der Waals surface area contributed by atoms with Crippen molar-refractivity contribution < 1.29 is 0 Å². The van der Waals surface area contributed by atoms with E-state index >= 15 is 0 Å². The molecule has 0 radical (unpaired) electrons. The molecule has 2 aliphatic carbocycles.